The molecule has 0 saturated heterocycles. The van der Waals surface area contributed by atoms with Gasteiger partial charge >= 0.3 is 11.9 Å². The highest BCUT2D eigenvalue weighted by molar-refractivity contribution is 7.14. The molecule has 26 heavy (non-hydrogen) atoms. The molecule has 0 radical (unpaired) electrons. The van der Waals surface area contributed by atoms with E-state index in [9.17, 15) is 9.59 Å². The molecule has 0 N–H and O–H groups in total. The molecule has 6 heteroatoms. The van der Waals surface area contributed by atoms with Crippen molar-refractivity contribution in [1.29, 1.82) is 0 Å². The maximum atomic E-state index is 12.3. The molecule has 0 aromatic carbocycles. The summed E-state index contributed by atoms with van der Waals surface area (Å²) in [5, 5.41) is 0. The van der Waals surface area contributed by atoms with Crippen LogP contribution in [0.1, 0.15) is 26.4 Å². The van der Waals surface area contributed by atoms with E-state index in [1.807, 2.05) is 50.3 Å². The summed E-state index contributed by atoms with van der Waals surface area (Å²) < 4.78 is 10.7. The molecule has 0 unspecified atom stereocenters. The zero-order valence-corrected chi connectivity index (χ0v) is 15.7. The predicted molar refractivity (Wildman–Crippen MR) is 103 cm³/mol. The van der Waals surface area contributed by atoms with Crippen LogP contribution in [0, 0.1) is 6.92 Å². The van der Waals surface area contributed by atoms with Gasteiger partial charge in [0.25, 0.3) is 0 Å². The lowest BCUT2D eigenvalue weighted by Crippen LogP contribution is -2.05. The summed E-state index contributed by atoms with van der Waals surface area (Å²) in [6.07, 6.45) is 7.16. The number of aryl methyl sites for hydroxylation is 1. The third-order valence-electron chi connectivity index (χ3n) is 3.87. The van der Waals surface area contributed by atoms with Crippen LogP contribution in [0.4, 0.5) is 0 Å². The van der Waals surface area contributed by atoms with Crippen molar-refractivity contribution in [2.24, 2.45) is 0 Å². The van der Waals surface area contributed by atoms with Crippen molar-refractivity contribution in [3.63, 3.8) is 0 Å². The first kappa shape index (κ1) is 16.8. The Labute approximate surface area is 158 Å². The van der Waals surface area contributed by atoms with E-state index < -0.39 is 11.9 Å². The van der Waals surface area contributed by atoms with E-state index in [4.69, 9.17) is 9.47 Å². The van der Waals surface area contributed by atoms with Gasteiger partial charge in [0.2, 0.25) is 0 Å². The number of cyclic esters (lactones) is 2. The molecule has 0 bridgehead atoms. The first-order valence-corrected chi connectivity index (χ1v) is 9.60. The van der Waals surface area contributed by atoms with Crippen LogP contribution in [0.25, 0.3) is 17.6 Å². The van der Waals surface area contributed by atoms with Crippen LogP contribution < -0.4 is 0 Å². The number of hydrogen-bond donors (Lipinski definition) is 0. The zero-order valence-electron chi connectivity index (χ0n) is 14.1. The Bertz CT molecular complexity index is 1040. The van der Waals surface area contributed by atoms with Crippen LogP contribution in [-0.4, -0.2) is 11.9 Å². The minimum atomic E-state index is -0.534. The molecule has 0 aliphatic carbocycles. The third kappa shape index (κ3) is 2.98. The fourth-order valence-electron chi connectivity index (χ4n) is 2.67. The van der Waals surface area contributed by atoms with Gasteiger partial charge in [-0.05, 0) is 56.3 Å². The smallest absolute Gasteiger partial charge is 0.344 e. The Hall–Kier alpha value is -2.70. The molecule has 0 saturated carbocycles. The Kier molecular flexibility index (Phi) is 4.22. The summed E-state index contributed by atoms with van der Waals surface area (Å²) in [6.45, 7) is 3.93. The van der Waals surface area contributed by atoms with Gasteiger partial charge in [-0.3, -0.25) is 0 Å². The van der Waals surface area contributed by atoms with E-state index in [1.165, 1.54) is 22.7 Å². The number of thiophene rings is 2. The number of carbonyl (C=O) groups excluding carboxylic acids is 2. The molecule has 2 aromatic heterocycles. The van der Waals surface area contributed by atoms with Gasteiger partial charge in [0.1, 0.15) is 11.5 Å². The standard InChI is InChI=1S/C20H14O4S2/c1-3-4-12-6-8-18(26-12)16-10-14(20(22)24-16)13-9-15(23-19(13)21)17-7-5-11(2)25-17/h3-10H,1-2H3/b4-3+,14-13+. The van der Waals surface area contributed by atoms with Gasteiger partial charge in [0.15, 0.2) is 0 Å². The number of allylic oxidation sites excluding steroid dienone is 1. The van der Waals surface area contributed by atoms with Gasteiger partial charge in [0.05, 0.1) is 20.9 Å². The highest BCUT2D eigenvalue weighted by Crippen LogP contribution is 2.37. The minimum Gasteiger partial charge on any atom is -0.421 e. The first-order chi connectivity index (χ1) is 12.5. The number of carbonyl (C=O) groups is 2. The number of ether oxygens (including phenoxy) is 2. The quantitative estimate of drug-likeness (QED) is 0.557. The minimum absolute atomic E-state index is 0.231. The molecule has 2 aliphatic heterocycles. The summed E-state index contributed by atoms with van der Waals surface area (Å²) >= 11 is 3.05. The van der Waals surface area contributed by atoms with Gasteiger partial charge in [-0.15, -0.1) is 22.7 Å². The Morgan fingerprint density at radius 2 is 1.42 bits per heavy atom. The van der Waals surface area contributed by atoms with Gasteiger partial charge in [-0.25, -0.2) is 9.59 Å². The molecular formula is C20H14O4S2. The second kappa shape index (κ2) is 6.55. The Balaban J connectivity index is 1.71. The Morgan fingerprint density at radius 1 is 0.846 bits per heavy atom. The zero-order chi connectivity index (χ0) is 18.3. The molecule has 0 spiro atoms. The topological polar surface area (TPSA) is 52.6 Å². The van der Waals surface area contributed by atoms with Gasteiger partial charge in [-0.2, -0.15) is 0 Å². The number of rotatable bonds is 3. The van der Waals surface area contributed by atoms with Gasteiger partial charge in [-0.1, -0.05) is 6.08 Å². The first-order valence-electron chi connectivity index (χ1n) is 7.97. The van der Waals surface area contributed by atoms with Crippen molar-refractivity contribution < 1.29 is 19.1 Å². The number of esters is 2. The van der Waals surface area contributed by atoms with Crippen LogP contribution in [0.2, 0.25) is 0 Å². The summed E-state index contributed by atoms with van der Waals surface area (Å²) in [5.41, 5.74) is 0.463. The molecular weight excluding hydrogens is 368 g/mol. The molecule has 0 fully saturated rings. The largest absolute Gasteiger partial charge is 0.421 e. The molecule has 2 aromatic rings. The SMILES string of the molecule is C/C=C/c1ccc(C2=C/C(=C3/C=C(c4ccc(C)s4)OC3=O)C(=O)O2)s1. The molecule has 0 amide bonds. The van der Waals surface area contributed by atoms with E-state index in [2.05, 4.69) is 0 Å². The average Bonchev–Trinajstić information content (AvgIpc) is 3.35. The lowest BCUT2D eigenvalue weighted by Gasteiger charge is -1.97. The van der Waals surface area contributed by atoms with Crippen molar-refractivity contribution in [1.82, 2.24) is 0 Å². The maximum Gasteiger partial charge on any atom is 0.344 e. The monoisotopic (exact) mass is 382 g/mol. The molecule has 130 valence electrons. The molecule has 4 rings (SSSR count). The summed E-state index contributed by atoms with van der Waals surface area (Å²) in [5.74, 6) is -0.138. The molecule has 2 aliphatic rings. The van der Waals surface area contributed by atoms with E-state index in [0.29, 0.717) is 11.5 Å². The predicted octanol–water partition coefficient (Wildman–Crippen LogP) is 4.94. The van der Waals surface area contributed by atoms with Crippen molar-refractivity contribution in [2.45, 2.75) is 13.8 Å². The fourth-order valence-corrected chi connectivity index (χ4v) is 4.42. The highest BCUT2D eigenvalue weighted by atomic mass is 32.1. The summed E-state index contributed by atoms with van der Waals surface area (Å²) in [6, 6.07) is 7.71. The van der Waals surface area contributed by atoms with E-state index in [-0.39, 0.29) is 11.1 Å². The van der Waals surface area contributed by atoms with Crippen molar-refractivity contribution >= 4 is 52.2 Å². The van der Waals surface area contributed by atoms with Crippen LogP contribution in [-0.2, 0) is 19.1 Å². The van der Waals surface area contributed by atoms with Gasteiger partial charge in [0, 0.05) is 9.75 Å². The molecule has 4 nitrogen and oxygen atoms in total. The summed E-state index contributed by atoms with van der Waals surface area (Å²) in [7, 11) is 0. The normalized spacial score (nSPS) is 19.8. The van der Waals surface area contributed by atoms with Gasteiger partial charge < -0.3 is 9.47 Å². The number of hydrogen-bond acceptors (Lipinski definition) is 6. The average molecular weight is 382 g/mol. The second-order valence-corrected chi connectivity index (χ2v) is 8.14. The van der Waals surface area contributed by atoms with Crippen LogP contribution >= 0.6 is 22.7 Å². The fraction of sp³-hybridized carbons (Fsp3) is 0.100. The highest BCUT2D eigenvalue weighted by Gasteiger charge is 2.33. The lowest BCUT2D eigenvalue weighted by atomic mass is 10.1. The van der Waals surface area contributed by atoms with Crippen LogP contribution in [0.5, 0.6) is 0 Å². The molecule has 4 heterocycles. The third-order valence-corrected chi connectivity index (χ3v) is 5.95. The summed E-state index contributed by atoms with van der Waals surface area (Å²) in [4.78, 5) is 28.4. The lowest BCUT2D eigenvalue weighted by molar-refractivity contribution is -0.133. The Morgan fingerprint density at radius 3 is 1.96 bits per heavy atom. The van der Waals surface area contributed by atoms with E-state index >= 15 is 0 Å². The van der Waals surface area contributed by atoms with E-state index in [0.717, 1.165) is 19.5 Å². The maximum absolute atomic E-state index is 12.3. The van der Waals surface area contributed by atoms with Crippen LogP contribution in [0.15, 0.2) is 53.6 Å². The molecule has 0 atom stereocenters. The van der Waals surface area contributed by atoms with Crippen molar-refractivity contribution in [3.8, 4) is 0 Å². The second-order valence-electron chi connectivity index (χ2n) is 5.74. The van der Waals surface area contributed by atoms with Crippen molar-refractivity contribution in [2.75, 3.05) is 0 Å². The van der Waals surface area contributed by atoms with Crippen LogP contribution in [0.3, 0.4) is 0 Å². The van der Waals surface area contributed by atoms with Crippen molar-refractivity contribution in [3.05, 3.63) is 73.1 Å². The van der Waals surface area contributed by atoms with E-state index in [1.54, 1.807) is 12.2 Å².